The van der Waals surface area contributed by atoms with Crippen molar-refractivity contribution < 1.29 is 24.2 Å². The standard InChI is InChI=1S/C20H18N4O5/c25-10-15(21-19(26)13-6-7-16-17(8-13)29-11-28-16)20(27)22-18-9-14(23-24-18)12-4-2-1-3-5-12/h1-9,15,25H,10-11H2,(H,21,26)(H2,22,23,24,27)/t15-/m0/s1. The van der Waals surface area contributed by atoms with Gasteiger partial charge in [-0.05, 0) is 23.8 Å². The van der Waals surface area contributed by atoms with Gasteiger partial charge in [-0.15, -0.1) is 0 Å². The van der Waals surface area contributed by atoms with E-state index in [-0.39, 0.29) is 18.2 Å². The summed E-state index contributed by atoms with van der Waals surface area (Å²) >= 11 is 0. The fraction of sp³-hybridized carbons (Fsp3) is 0.150. The van der Waals surface area contributed by atoms with Gasteiger partial charge in [0.15, 0.2) is 17.3 Å². The predicted octanol–water partition coefficient (Wildman–Crippen LogP) is 1.53. The number of nitrogens with one attached hydrogen (secondary N) is 3. The lowest BCUT2D eigenvalue weighted by Crippen LogP contribution is -2.46. The molecule has 2 amide bonds. The molecule has 0 fully saturated rings. The van der Waals surface area contributed by atoms with E-state index < -0.39 is 24.5 Å². The second-order valence-corrected chi connectivity index (χ2v) is 6.30. The van der Waals surface area contributed by atoms with Crippen LogP contribution in [0.15, 0.2) is 54.6 Å². The number of rotatable bonds is 6. The third-order valence-corrected chi connectivity index (χ3v) is 4.35. The van der Waals surface area contributed by atoms with E-state index in [9.17, 15) is 14.7 Å². The number of fused-ring (bicyclic) bond motifs is 1. The first-order valence-electron chi connectivity index (χ1n) is 8.87. The van der Waals surface area contributed by atoms with Crippen molar-refractivity contribution in [2.24, 2.45) is 0 Å². The second kappa shape index (κ2) is 8.03. The molecule has 0 saturated heterocycles. The van der Waals surface area contributed by atoms with Crippen molar-refractivity contribution in [1.29, 1.82) is 0 Å². The minimum Gasteiger partial charge on any atom is -0.454 e. The minimum atomic E-state index is -1.15. The van der Waals surface area contributed by atoms with Crippen molar-refractivity contribution in [1.82, 2.24) is 15.5 Å². The van der Waals surface area contributed by atoms with E-state index in [1.54, 1.807) is 18.2 Å². The number of ether oxygens (including phenoxy) is 2. The van der Waals surface area contributed by atoms with Gasteiger partial charge in [0, 0.05) is 11.6 Å². The molecule has 2 heterocycles. The van der Waals surface area contributed by atoms with Crippen LogP contribution in [0.25, 0.3) is 11.3 Å². The summed E-state index contributed by atoms with van der Waals surface area (Å²) in [7, 11) is 0. The first kappa shape index (κ1) is 18.5. The number of carbonyl (C=O) groups excluding carboxylic acids is 2. The monoisotopic (exact) mass is 394 g/mol. The number of hydrogen-bond donors (Lipinski definition) is 4. The van der Waals surface area contributed by atoms with Crippen LogP contribution in [0.3, 0.4) is 0 Å². The molecule has 3 aromatic rings. The first-order valence-corrected chi connectivity index (χ1v) is 8.87. The Morgan fingerprint density at radius 1 is 1.10 bits per heavy atom. The maximum absolute atomic E-state index is 12.5. The number of aromatic amines is 1. The number of H-pyrrole nitrogens is 1. The third kappa shape index (κ3) is 4.04. The highest BCUT2D eigenvalue weighted by Gasteiger charge is 2.23. The Kier molecular flexibility index (Phi) is 5.12. The average molecular weight is 394 g/mol. The van der Waals surface area contributed by atoms with Crippen molar-refractivity contribution in [2.75, 3.05) is 18.7 Å². The van der Waals surface area contributed by atoms with Gasteiger partial charge in [0.1, 0.15) is 6.04 Å². The summed E-state index contributed by atoms with van der Waals surface area (Å²) < 4.78 is 10.4. The summed E-state index contributed by atoms with van der Waals surface area (Å²) in [6, 6.07) is 14.7. The number of anilines is 1. The molecule has 0 aliphatic carbocycles. The first-order chi connectivity index (χ1) is 14.1. The van der Waals surface area contributed by atoms with Gasteiger partial charge >= 0.3 is 0 Å². The summed E-state index contributed by atoms with van der Waals surface area (Å²) in [6.45, 7) is -0.477. The molecule has 1 atom stereocenters. The molecular formula is C20H18N4O5. The van der Waals surface area contributed by atoms with Gasteiger partial charge < -0.3 is 25.2 Å². The molecular weight excluding hydrogens is 376 g/mol. The highest BCUT2D eigenvalue weighted by molar-refractivity contribution is 6.01. The number of aromatic nitrogens is 2. The summed E-state index contributed by atoms with van der Waals surface area (Å²) in [5, 5.41) is 21.5. The quantitative estimate of drug-likeness (QED) is 0.502. The molecule has 4 N–H and O–H groups in total. The number of nitrogens with zero attached hydrogens (tertiary/aromatic N) is 1. The van der Waals surface area contributed by atoms with Crippen molar-refractivity contribution in [3.05, 3.63) is 60.2 Å². The number of amides is 2. The molecule has 29 heavy (non-hydrogen) atoms. The Morgan fingerprint density at radius 3 is 2.69 bits per heavy atom. The largest absolute Gasteiger partial charge is 0.454 e. The van der Waals surface area contributed by atoms with E-state index in [1.807, 2.05) is 30.3 Å². The molecule has 9 nitrogen and oxygen atoms in total. The second-order valence-electron chi connectivity index (χ2n) is 6.30. The Morgan fingerprint density at radius 2 is 1.90 bits per heavy atom. The van der Waals surface area contributed by atoms with E-state index in [0.717, 1.165) is 11.3 Å². The fourth-order valence-electron chi connectivity index (χ4n) is 2.84. The normalized spacial score (nSPS) is 13.0. The zero-order valence-electron chi connectivity index (χ0n) is 15.2. The molecule has 1 aliphatic heterocycles. The van der Waals surface area contributed by atoms with Crippen LogP contribution in [0.1, 0.15) is 10.4 Å². The van der Waals surface area contributed by atoms with Gasteiger partial charge in [-0.3, -0.25) is 14.7 Å². The van der Waals surface area contributed by atoms with Crippen LogP contribution >= 0.6 is 0 Å². The zero-order chi connectivity index (χ0) is 20.2. The van der Waals surface area contributed by atoms with Gasteiger partial charge in [-0.2, -0.15) is 5.10 Å². The minimum absolute atomic E-state index is 0.0940. The molecule has 0 unspecified atom stereocenters. The van der Waals surface area contributed by atoms with E-state index in [1.165, 1.54) is 6.07 Å². The SMILES string of the molecule is O=C(N[C@@H](CO)C(=O)Nc1cc(-c2ccccc2)[nH]n1)c1ccc2c(c1)OCO2. The maximum atomic E-state index is 12.5. The van der Waals surface area contributed by atoms with E-state index in [0.29, 0.717) is 11.5 Å². The van der Waals surface area contributed by atoms with Gasteiger partial charge in [0.25, 0.3) is 11.8 Å². The number of hydrogen-bond acceptors (Lipinski definition) is 6. The smallest absolute Gasteiger partial charge is 0.252 e. The van der Waals surface area contributed by atoms with E-state index in [4.69, 9.17) is 9.47 Å². The van der Waals surface area contributed by atoms with Gasteiger partial charge in [-0.1, -0.05) is 30.3 Å². The summed E-state index contributed by atoms with van der Waals surface area (Å²) in [5.41, 5.74) is 1.92. The van der Waals surface area contributed by atoms with Crippen LogP contribution in [0.2, 0.25) is 0 Å². The molecule has 2 aromatic carbocycles. The number of aliphatic hydroxyl groups excluding tert-OH is 1. The summed E-state index contributed by atoms with van der Waals surface area (Å²) in [4.78, 5) is 24.9. The van der Waals surface area contributed by atoms with Crippen molar-refractivity contribution in [3.8, 4) is 22.8 Å². The van der Waals surface area contributed by atoms with Crippen molar-refractivity contribution in [3.63, 3.8) is 0 Å². The van der Waals surface area contributed by atoms with Gasteiger partial charge in [-0.25, -0.2) is 0 Å². The van der Waals surface area contributed by atoms with Crippen LogP contribution in [-0.2, 0) is 4.79 Å². The van der Waals surface area contributed by atoms with E-state index >= 15 is 0 Å². The molecule has 1 aromatic heterocycles. The molecule has 4 rings (SSSR count). The highest BCUT2D eigenvalue weighted by atomic mass is 16.7. The van der Waals surface area contributed by atoms with Crippen LogP contribution < -0.4 is 20.1 Å². The average Bonchev–Trinajstić information content (AvgIpc) is 3.41. The lowest BCUT2D eigenvalue weighted by Gasteiger charge is -2.15. The Labute approximate surface area is 165 Å². The van der Waals surface area contributed by atoms with Crippen molar-refractivity contribution in [2.45, 2.75) is 6.04 Å². The third-order valence-electron chi connectivity index (χ3n) is 4.35. The highest BCUT2D eigenvalue weighted by Crippen LogP contribution is 2.32. The molecule has 0 radical (unpaired) electrons. The molecule has 148 valence electrons. The molecule has 0 bridgehead atoms. The predicted molar refractivity (Wildman–Crippen MR) is 104 cm³/mol. The van der Waals surface area contributed by atoms with Crippen LogP contribution in [0.4, 0.5) is 5.82 Å². The van der Waals surface area contributed by atoms with Crippen LogP contribution in [-0.4, -0.2) is 46.6 Å². The topological polar surface area (TPSA) is 126 Å². The number of carbonyl (C=O) groups is 2. The zero-order valence-corrected chi connectivity index (χ0v) is 15.2. The van der Waals surface area contributed by atoms with E-state index in [2.05, 4.69) is 20.8 Å². The van der Waals surface area contributed by atoms with Crippen molar-refractivity contribution >= 4 is 17.6 Å². The molecule has 9 heteroatoms. The number of aliphatic hydroxyl groups is 1. The molecule has 0 spiro atoms. The van der Waals surface area contributed by atoms with Gasteiger partial charge in [0.2, 0.25) is 6.79 Å². The van der Waals surface area contributed by atoms with Gasteiger partial charge in [0.05, 0.1) is 12.3 Å². The van der Waals surface area contributed by atoms with Crippen LogP contribution in [0, 0.1) is 0 Å². The fourth-order valence-corrected chi connectivity index (χ4v) is 2.84. The summed E-state index contributed by atoms with van der Waals surface area (Å²) in [5.74, 6) is 0.167. The summed E-state index contributed by atoms with van der Waals surface area (Å²) in [6.07, 6.45) is 0. The molecule has 0 saturated carbocycles. The Hall–Kier alpha value is -3.85. The lowest BCUT2D eigenvalue weighted by molar-refractivity contribution is -0.118. The lowest BCUT2D eigenvalue weighted by atomic mass is 10.1. The Balaban J connectivity index is 1.41. The maximum Gasteiger partial charge on any atom is 0.252 e. The Bertz CT molecular complexity index is 1030. The molecule has 1 aliphatic rings. The number of benzene rings is 2. The van der Waals surface area contributed by atoms with Crippen LogP contribution in [0.5, 0.6) is 11.5 Å².